The van der Waals surface area contributed by atoms with E-state index in [2.05, 4.69) is 22.8 Å². The molecule has 2 rings (SSSR count). The molecule has 0 aliphatic carbocycles. The highest BCUT2D eigenvalue weighted by molar-refractivity contribution is 7.80. The SMILES string of the molecule is Cc1ccc(S)cc1C(=O)NCCN1CCCCC1. The summed E-state index contributed by atoms with van der Waals surface area (Å²) in [6.45, 7) is 5.95. The number of piperidine rings is 1. The van der Waals surface area contributed by atoms with Crippen LogP contribution < -0.4 is 5.32 Å². The van der Waals surface area contributed by atoms with Gasteiger partial charge in [0, 0.05) is 23.5 Å². The third-order valence-corrected chi connectivity index (χ3v) is 3.91. The molecule has 19 heavy (non-hydrogen) atoms. The quantitative estimate of drug-likeness (QED) is 0.830. The molecule has 1 aliphatic rings. The molecule has 0 saturated carbocycles. The normalized spacial score (nSPS) is 16.3. The van der Waals surface area contributed by atoms with Crippen molar-refractivity contribution in [2.45, 2.75) is 31.1 Å². The average Bonchev–Trinajstić information content (AvgIpc) is 2.42. The Morgan fingerprint density at radius 2 is 2.05 bits per heavy atom. The highest BCUT2D eigenvalue weighted by atomic mass is 32.1. The fourth-order valence-corrected chi connectivity index (χ4v) is 2.66. The molecule has 1 aromatic rings. The maximum absolute atomic E-state index is 12.1. The molecule has 0 bridgehead atoms. The predicted molar refractivity (Wildman–Crippen MR) is 81.1 cm³/mol. The van der Waals surface area contributed by atoms with Crippen molar-refractivity contribution in [1.29, 1.82) is 0 Å². The van der Waals surface area contributed by atoms with Crippen molar-refractivity contribution < 1.29 is 4.79 Å². The summed E-state index contributed by atoms with van der Waals surface area (Å²) in [5, 5.41) is 3.00. The number of hydrogen-bond acceptors (Lipinski definition) is 3. The number of nitrogens with one attached hydrogen (secondary N) is 1. The van der Waals surface area contributed by atoms with Crippen LogP contribution in [-0.4, -0.2) is 37.0 Å². The van der Waals surface area contributed by atoms with Gasteiger partial charge in [-0.2, -0.15) is 0 Å². The highest BCUT2D eigenvalue weighted by Gasteiger charge is 2.12. The van der Waals surface area contributed by atoms with Gasteiger partial charge in [0.2, 0.25) is 0 Å². The molecule has 0 spiro atoms. The standard InChI is InChI=1S/C15H22N2OS/c1-12-5-6-13(19)11-14(12)15(18)16-7-10-17-8-3-2-4-9-17/h5-6,11,19H,2-4,7-10H2,1H3,(H,16,18). The summed E-state index contributed by atoms with van der Waals surface area (Å²) < 4.78 is 0. The number of thiol groups is 1. The van der Waals surface area contributed by atoms with Crippen molar-refractivity contribution >= 4 is 18.5 Å². The minimum atomic E-state index is 0.00501. The number of hydrogen-bond donors (Lipinski definition) is 2. The Morgan fingerprint density at radius 1 is 1.32 bits per heavy atom. The molecule has 104 valence electrons. The maximum atomic E-state index is 12.1. The summed E-state index contributed by atoms with van der Waals surface area (Å²) in [5.41, 5.74) is 1.72. The summed E-state index contributed by atoms with van der Waals surface area (Å²) >= 11 is 4.28. The monoisotopic (exact) mass is 278 g/mol. The molecule has 0 aromatic heterocycles. The van der Waals surface area contributed by atoms with Crippen LogP contribution in [0.15, 0.2) is 23.1 Å². The van der Waals surface area contributed by atoms with E-state index in [9.17, 15) is 4.79 Å². The first kappa shape index (κ1) is 14.4. The summed E-state index contributed by atoms with van der Waals surface area (Å²) in [7, 11) is 0. The third-order valence-electron chi connectivity index (χ3n) is 3.63. The van der Waals surface area contributed by atoms with E-state index < -0.39 is 0 Å². The molecule has 1 aromatic carbocycles. The van der Waals surface area contributed by atoms with E-state index in [1.54, 1.807) is 0 Å². The zero-order chi connectivity index (χ0) is 13.7. The van der Waals surface area contributed by atoms with E-state index in [4.69, 9.17) is 0 Å². The van der Waals surface area contributed by atoms with Crippen molar-refractivity contribution in [1.82, 2.24) is 10.2 Å². The Kier molecular flexibility index (Phi) is 5.28. The Bertz CT molecular complexity index is 442. The number of amides is 1. The lowest BCUT2D eigenvalue weighted by atomic mass is 10.1. The number of rotatable bonds is 4. The van der Waals surface area contributed by atoms with E-state index in [0.717, 1.165) is 29.1 Å². The van der Waals surface area contributed by atoms with Crippen LogP contribution >= 0.6 is 12.6 Å². The molecule has 1 amide bonds. The van der Waals surface area contributed by atoms with E-state index >= 15 is 0 Å². The minimum Gasteiger partial charge on any atom is -0.351 e. The van der Waals surface area contributed by atoms with E-state index in [-0.39, 0.29) is 5.91 Å². The Hall–Kier alpha value is -1.00. The second-order valence-electron chi connectivity index (χ2n) is 5.16. The first-order chi connectivity index (χ1) is 9.16. The van der Waals surface area contributed by atoms with Crippen molar-refractivity contribution in [2.75, 3.05) is 26.2 Å². The number of carbonyl (C=O) groups excluding carboxylic acids is 1. The summed E-state index contributed by atoms with van der Waals surface area (Å²) in [4.78, 5) is 15.3. The van der Waals surface area contributed by atoms with E-state index in [0.29, 0.717) is 0 Å². The van der Waals surface area contributed by atoms with Crippen molar-refractivity contribution in [3.8, 4) is 0 Å². The van der Waals surface area contributed by atoms with Gasteiger partial charge in [-0.25, -0.2) is 0 Å². The Morgan fingerprint density at radius 3 is 2.79 bits per heavy atom. The van der Waals surface area contributed by atoms with Crippen LogP contribution in [0.4, 0.5) is 0 Å². The largest absolute Gasteiger partial charge is 0.351 e. The lowest BCUT2D eigenvalue weighted by Crippen LogP contribution is -2.37. The topological polar surface area (TPSA) is 32.3 Å². The molecule has 1 fully saturated rings. The zero-order valence-electron chi connectivity index (χ0n) is 11.5. The van der Waals surface area contributed by atoms with Gasteiger partial charge in [-0.05, 0) is 50.6 Å². The molecular formula is C15H22N2OS. The molecule has 1 N–H and O–H groups in total. The van der Waals surface area contributed by atoms with Crippen LogP contribution in [0.5, 0.6) is 0 Å². The summed E-state index contributed by atoms with van der Waals surface area (Å²) in [6, 6.07) is 5.67. The molecule has 1 heterocycles. The van der Waals surface area contributed by atoms with Crippen LogP contribution in [0.2, 0.25) is 0 Å². The van der Waals surface area contributed by atoms with Crippen LogP contribution in [-0.2, 0) is 0 Å². The lowest BCUT2D eigenvalue weighted by molar-refractivity contribution is 0.0945. The van der Waals surface area contributed by atoms with Crippen LogP contribution in [0.3, 0.4) is 0 Å². The average molecular weight is 278 g/mol. The van der Waals surface area contributed by atoms with Gasteiger partial charge in [0.05, 0.1) is 0 Å². The van der Waals surface area contributed by atoms with Crippen LogP contribution in [0, 0.1) is 6.92 Å². The number of benzene rings is 1. The molecular weight excluding hydrogens is 256 g/mol. The van der Waals surface area contributed by atoms with Crippen LogP contribution in [0.25, 0.3) is 0 Å². The second kappa shape index (κ2) is 6.96. The van der Waals surface area contributed by atoms with Crippen molar-refractivity contribution in [2.24, 2.45) is 0 Å². The number of carbonyl (C=O) groups is 1. The van der Waals surface area contributed by atoms with Crippen molar-refractivity contribution in [3.63, 3.8) is 0 Å². The van der Waals surface area contributed by atoms with Crippen molar-refractivity contribution in [3.05, 3.63) is 29.3 Å². The van der Waals surface area contributed by atoms with Gasteiger partial charge in [-0.1, -0.05) is 12.5 Å². The highest BCUT2D eigenvalue weighted by Crippen LogP contribution is 2.14. The molecule has 3 nitrogen and oxygen atoms in total. The minimum absolute atomic E-state index is 0.00501. The molecule has 4 heteroatoms. The number of aryl methyl sites for hydroxylation is 1. The fourth-order valence-electron chi connectivity index (χ4n) is 2.46. The first-order valence-corrected chi connectivity index (χ1v) is 7.42. The fraction of sp³-hybridized carbons (Fsp3) is 0.533. The molecule has 0 atom stereocenters. The van der Waals surface area contributed by atoms with Gasteiger partial charge in [0.25, 0.3) is 5.91 Å². The van der Waals surface area contributed by atoms with Gasteiger partial charge in [-0.3, -0.25) is 4.79 Å². The van der Waals surface area contributed by atoms with E-state index in [1.807, 2.05) is 25.1 Å². The van der Waals surface area contributed by atoms with Gasteiger partial charge in [0.1, 0.15) is 0 Å². The molecule has 0 radical (unpaired) electrons. The molecule has 0 unspecified atom stereocenters. The summed E-state index contributed by atoms with van der Waals surface area (Å²) in [6.07, 6.45) is 3.92. The first-order valence-electron chi connectivity index (χ1n) is 6.97. The molecule has 1 saturated heterocycles. The number of likely N-dealkylation sites (tertiary alicyclic amines) is 1. The second-order valence-corrected chi connectivity index (χ2v) is 5.67. The Labute approximate surface area is 120 Å². The maximum Gasteiger partial charge on any atom is 0.251 e. The third kappa shape index (κ3) is 4.25. The number of nitrogens with zero attached hydrogens (tertiary/aromatic N) is 1. The van der Waals surface area contributed by atoms with Gasteiger partial charge < -0.3 is 10.2 Å². The zero-order valence-corrected chi connectivity index (χ0v) is 12.4. The lowest BCUT2D eigenvalue weighted by Gasteiger charge is -2.26. The predicted octanol–water partition coefficient (Wildman–Crippen LogP) is 2.50. The van der Waals surface area contributed by atoms with Gasteiger partial charge in [0.15, 0.2) is 0 Å². The Balaban J connectivity index is 1.82. The summed E-state index contributed by atoms with van der Waals surface area (Å²) in [5.74, 6) is 0.00501. The smallest absolute Gasteiger partial charge is 0.251 e. The van der Waals surface area contributed by atoms with Gasteiger partial charge >= 0.3 is 0 Å². The van der Waals surface area contributed by atoms with Crippen LogP contribution in [0.1, 0.15) is 35.2 Å². The molecule has 1 aliphatic heterocycles. The van der Waals surface area contributed by atoms with E-state index in [1.165, 1.54) is 32.4 Å². The van der Waals surface area contributed by atoms with Gasteiger partial charge in [-0.15, -0.1) is 12.6 Å².